The van der Waals surface area contributed by atoms with E-state index in [2.05, 4.69) is 24.3 Å². The molecule has 1 aromatic carbocycles. The molecule has 0 radical (unpaired) electrons. The highest BCUT2D eigenvalue weighted by atomic mass is 35.5. The van der Waals surface area contributed by atoms with Crippen molar-refractivity contribution in [1.82, 2.24) is 15.1 Å². The van der Waals surface area contributed by atoms with E-state index in [1.165, 1.54) is 11.3 Å². The van der Waals surface area contributed by atoms with Crippen LogP contribution >= 0.6 is 11.6 Å². The largest absolute Gasteiger partial charge is 0.385 e. The standard InChI is InChI=1S/C17H24ClN3O/c1-13-16(11-19-9-6-10-22-3)14(2)21(20-13)12-15-7-4-5-8-17(15)18/h4-5,7-8,19H,6,9-12H2,1-3H3. The third-order valence-electron chi connectivity index (χ3n) is 3.81. The van der Waals surface area contributed by atoms with Crippen LogP contribution in [-0.4, -0.2) is 30.0 Å². The van der Waals surface area contributed by atoms with Crippen LogP contribution in [0.4, 0.5) is 0 Å². The van der Waals surface area contributed by atoms with Crippen LogP contribution < -0.4 is 5.32 Å². The molecule has 5 heteroatoms. The summed E-state index contributed by atoms with van der Waals surface area (Å²) < 4.78 is 7.08. The van der Waals surface area contributed by atoms with Crippen LogP contribution in [-0.2, 0) is 17.8 Å². The van der Waals surface area contributed by atoms with E-state index in [1.54, 1.807) is 7.11 Å². The Hall–Kier alpha value is -1.36. The molecule has 4 nitrogen and oxygen atoms in total. The number of benzene rings is 1. The summed E-state index contributed by atoms with van der Waals surface area (Å²) in [6, 6.07) is 7.91. The fourth-order valence-corrected chi connectivity index (χ4v) is 2.68. The van der Waals surface area contributed by atoms with Gasteiger partial charge in [-0.3, -0.25) is 4.68 Å². The van der Waals surface area contributed by atoms with Gasteiger partial charge in [0.15, 0.2) is 0 Å². The summed E-state index contributed by atoms with van der Waals surface area (Å²) in [5, 5.41) is 8.89. The Morgan fingerprint density at radius 2 is 2.05 bits per heavy atom. The Morgan fingerprint density at radius 1 is 1.27 bits per heavy atom. The van der Waals surface area contributed by atoms with Gasteiger partial charge in [0.1, 0.15) is 0 Å². The number of aromatic nitrogens is 2. The van der Waals surface area contributed by atoms with Gasteiger partial charge >= 0.3 is 0 Å². The van der Waals surface area contributed by atoms with Gasteiger partial charge in [0.05, 0.1) is 12.2 Å². The van der Waals surface area contributed by atoms with E-state index in [0.717, 1.165) is 42.4 Å². The monoisotopic (exact) mass is 321 g/mol. The quantitative estimate of drug-likeness (QED) is 0.758. The van der Waals surface area contributed by atoms with Gasteiger partial charge in [-0.2, -0.15) is 5.10 Å². The van der Waals surface area contributed by atoms with Gasteiger partial charge < -0.3 is 10.1 Å². The molecule has 0 unspecified atom stereocenters. The maximum absolute atomic E-state index is 6.24. The van der Waals surface area contributed by atoms with E-state index in [0.29, 0.717) is 6.54 Å². The van der Waals surface area contributed by atoms with Crippen molar-refractivity contribution in [3.8, 4) is 0 Å². The Kier molecular flexibility index (Phi) is 6.43. The highest BCUT2D eigenvalue weighted by Crippen LogP contribution is 2.19. The zero-order chi connectivity index (χ0) is 15.9. The van der Waals surface area contributed by atoms with Crippen molar-refractivity contribution in [2.24, 2.45) is 0 Å². The molecule has 1 aromatic heterocycles. The number of ether oxygens (including phenoxy) is 1. The third-order valence-corrected chi connectivity index (χ3v) is 4.18. The minimum atomic E-state index is 0.704. The van der Waals surface area contributed by atoms with Crippen molar-refractivity contribution < 1.29 is 4.74 Å². The molecule has 0 spiro atoms. The van der Waals surface area contributed by atoms with Crippen molar-refractivity contribution in [3.63, 3.8) is 0 Å². The fraction of sp³-hybridized carbons (Fsp3) is 0.471. The summed E-state index contributed by atoms with van der Waals surface area (Å²) in [7, 11) is 1.73. The second kappa shape index (κ2) is 8.32. The van der Waals surface area contributed by atoms with Gasteiger partial charge in [0.2, 0.25) is 0 Å². The minimum absolute atomic E-state index is 0.704. The average molecular weight is 322 g/mol. The van der Waals surface area contributed by atoms with Gasteiger partial charge in [0, 0.05) is 36.5 Å². The van der Waals surface area contributed by atoms with E-state index in [4.69, 9.17) is 16.3 Å². The predicted molar refractivity (Wildman–Crippen MR) is 90.5 cm³/mol. The van der Waals surface area contributed by atoms with Crippen LogP contribution in [0.5, 0.6) is 0 Å². The fourth-order valence-electron chi connectivity index (χ4n) is 2.49. The molecule has 0 aliphatic rings. The first-order valence-corrected chi connectivity index (χ1v) is 7.97. The molecule has 0 aliphatic carbocycles. The first-order chi connectivity index (χ1) is 10.6. The Morgan fingerprint density at radius 3 is 2.77 bits per heavy atom. The minimum Gasteiger partial charge on any atom is -0.385 e. The lowest BCUT2D eigenvalue weighted by Gasteiger charge is -2.08. The summed E-state index contributed by atoms with van der Waals surface area (Å²) in [4.78, 5) is 0. The predicted octanol–water partition coefficient (Wildman–Crippen LogP) is 3.33. The molecular weight excluding hydrogens is 298 g/mol. The van der Waals surface area contributed by atoms with E-state index >= 15 is 0 Å². The van der Waals surface area contributed by atoms with E-state index in [9.17, 15) is 0 Å². The number of aryl methyl sites for hydroxylation is 1. The Labute approximate surface area is 137 Å². The number of nitrogens with one attached hydrogen (secondary N) is 1. The molecule has 120 valence electrons. The zero-order valence-electron chi connectivity index (χ0n) is 13.5. The lowest BCUT2D eigenvalue weighted by Crippen LogP contribution is -2.17. The molecule has 1 heterocycles. The topological polar surface area (TPSA) is 39.1 Å². The molecule has 0 fully saturated rings. The van der Waals surface area contributed by atoms with Crippen molar-refractivity contribution in [2.45, 2.75) is 33.4 Å². The van der Waals surface area contributed by atoms with Crippen LogP contribution in [0.15, 0.2) is 24.3 Å². The first-order valence-electron chi connectivity index (χ1n) is 7.59. The van der Waals surface area contributed by atoms with Crippen LogP contribution in [0.1, 0.15) is 28.9 Å². The molecule has 0 saturated carbocycles. The normalized spacial score (nSPS) is 11.1. The molecule has 0 saturated heterocycles. The summed E-state index contributed by atoms with van der Waals surface area (Å²) in [5.74, 6) is 0. The zero-order valence-corrected chi connectivity index (χ0v) is 14.3. The highest BCUT2D eigenvalue weighted by Gasteiger charge is 2.12. The van der Waals surface area contributed by atoms with E-state index < -0.39 is 0 Å². The van der Waals surface area contributed by atoms with E-state index in [1.807, 2.05) is 28.9 Å². The second-order valence-electron chi connectivity index (χ2n) is 5.42. The molecule has 0 atom stereocenters. The molecule has 2 rings (SSSR count). The molecule has 0 amide bonds. The van der Waals surface area contributed by atoms with Crippen LogP contribution in [0.2, 0.25) is 5.02 Å². The smallest absolute Gasteiger partial charge is 0.0677 e. The van der Waals surface area contributed by atoms with Crippen molar-refractivity contribution in [2.75, 3.05) is 20.3 Å². The van der Waals surface area contributed by atoms with Gasteiger partial charge in [-0.15, -0.1) is 0 Å². The SMILES string of the molecule is COCCCNCc1c(C)nn(Cc2ccccc2Cl)c1C. The molecular formula is C17H24ClN3O. The number of hydrogen-bond acceptors (Lipinski definition) is 3. The maximum atomic E-state index is 6.24. The van der Waals surface area contributed by atoms with Gasteiger partial charge in [-0.05, 0) is 38.4 Å². The molecule has 22 heavy (non-hydrogen) atoms. The third kappa shape index (κ3) is 4.32. The number of hydrogen-bond donors (Lipinski definition) is 1. The molecule has 0 aliphatic heterocycles. The van der Waals surface area contributed by atoms with Gasteiger partial charge in [0.25, 0.3) is 0 Å². The van der Waals surface area contributed by atoms with Crippen molar-refractivity contribution in [3.05, 3.63) is 51.8 Å². The average Bonchev–Trinajstić information content (AvgIpc) is 2.76. The number of halogens is 1. The van der Waals surface area contributed by atoms with Crippen molar-refractivity contribution >= 4 is 11.6 Å². The summed E-state index contributed by atoms with van der Waals surface area (Å²) in [6.07, 6.45) is 1.02. The summed E-state index contributed by atoms with van der Waals surface area (Å²) in [5.41, 5.74) is 4.62. The second-order valence-corrected chi connectivity index (χ2v) is 5.83. The highest BCUT2D eigenvalue weighted by molar-refractivity contribution is 6.31. The molecule has 0 bridgehead atoms. The maximum Gasteiger partial charge on any atom is 0.0677 e. The van der Waals surface area contributed by atoms with Gasteiger partial charge in [-0.1, -0.05) is 29.8 Å². The summed E-state index contributed by atoms with van der Waals surface area (Å²) >= 11 is 6.24. The first kappa shape index (κ1) is 17.0. The van der Waals surface area contributed by atoms with Crippen LogP contribution in [0.25, 0.3) is 0 Å². The van der Waals surface area contributed by atoms with Crippen LogP contribution in [0.3, 0.4) is 0 Å². The number of methoxy groups -OCH3 is 1. The number of nitrogens with zero attached hydrogens (tertiary/aromatic N) is 2. The Bertz CT molecular complexity index is 610. The van der Waals surface area contributed by atoms with E-state index in [-0.39, 0.29) is 0 Å². The van der Waals surface area contributed by atoms with Gasteiger partial charge in [-0.25, -0.2) is 0 Å². The Balaban J connectivity index is 2.02. The lowest BCUT2D eigenvalue weighted by molar-refractivity contribution is 0.194. The van der Waals surface area contributed by atoms with Crippen molar-refractivity contribution in [1.29, 1.82) is 0 Å². The molecule has 2 aromatic rings. The molecule has 1 N–H and O–H groups in total. The lowest BCUT2D eigenvalue weighted by atomic mass is 10.2. The summed E-state index contributed by atoms with van der Waals surface area (Å²) in [6.45, 7) is 7.45. The van der Waals surface area contributed by atoms with Crippen LogP contribution in [0, 0.1) is 13.8 Å². The number of rotatable bonds is 8.